The Morgan fingerprint density at radius 1 is 1.34 bits per heavy atom. The van der Waals surface area contributed by atoms with Gasteiger partial charge >= 0.3 is 0 Å². The summed E-state index contributed by atoms with van der Waals surface area (Å²) in [6.07, 6.45) is 4.59. The molecule has 9 heteroatoms. The number of aliphatic hydroxyl groups excluding tert-OH is 1. The second-order valence-corrected chi connectivity index (χ2v) is 11.4. The van der Waals surface area contributed by atoms with Crippen LogP contribution in [-0.2, 0) is 17.2 Å². The van der Waals surface area contributed by atoms with Crippen molar-refractivity contribution in [1.29, 1.82) is 0 Å². The van der Waals surface area contributed by atoms with Crippen LogP contribution in [0.1, 0.15) is 42.9 Å². The first-order valence-electron chi connectivity index (χ1n) is 11.4. The smallest absolute Gasteiger partial charge is 0.227 e. The molecule has 1 saturated heterocycles. The molecule has 0 spiro atoms. The molecule has 7 nitrogen and oxygen atoms in total. The van der Waals surface area contributed by atoms with Crippen molar-refractivity contribution in [3.63, 3.8) is 0 Å². The van der Waals surface area contributed by atoms with E-state index < -0.39 is 10.8 Å². The largest absolute Gasteiger partial charge is 0.493 e. The standard InChI is InChI=1S/C23H27ClN4O3S/c24-15-2-3-17-16-4-8-28(11-14(16)12-31-19(17)10-15)22-25-18-5-9-32(30)20(18)21(26-22)27-23(13-29)6-1-7-23/h2-3,10,14,16,29H,1,4-9,11-13H2,(H,25,26,27)/t14-,16+,32+/m1/s1. The van der Waals surface area contributed by atoms with Crippen molar-refractivity contribution in [2.45, 2.75) is 48.5 Å². The molecule has 0 radical (unpaired) electrons. The molecule has 6 rings (SSSR count). The number of fused-ring (bicyclic) bond motifs is 4. The van der Waals surface area contributed by atoms with E-state index in [0.29, 0.717) is 47.4 Å². The van der Waals surface area contributed by atoms with Crippen molar-refractivity contribution in [3.05, 3.63) is 34.5 Å². The van der Waals surface area contributed by atoms with Crippen molar-refractivity contribution in [1.82, 2.24) is 9.97 Å². The molecule has 1 saturated carbocycles. The van der Waals surface area contributed by atoms with E-state index in [1.807, 2.05) is 12.1 Å². The summed E-state index contributed by atoms with van der Waals surface area (Å²) >= 11 is 6.15. The monoisotopic (exact) mass is 474 g/mol. The fraction of sp³-hybridized carbons (Fsp3) is 0.565. The van der Waals surface area contributed by atoms with Crippen LogP contribution in [0.2, 0.25) is 5.02 Å². The summed E-state index contributed by atoms with van der Waals surface area (Å²) in [7, 11) is -1.09. The number of hydrogen-bond acceptors (Lipinski definition) is 7. The number of aliphatic hydroxyl groups is 1. The molecule has 2 aromatic rings. The Morgan fingerprint density at radius 2 is 2.22 bits per heavy atom. The average molecular weight is 475 g/mol. The zero-order valence-electron chi connectivity index (χ0n) is 17.8. The molecule has 1 aromatic heterocycles. The van der Waals surface area contributed by atoms with Crippen LogP contribution in [0.15, 0.2) is 23.1 Å². The number of nitrogens with one attached hydrogen (secondary N) is 1. The Morgan fingerprint density at radius 3 is 3.00 bits per heavy atom. The predicted octanol–water partition coefficient (Wildman–Crippen LogP) is 3.12. The van der Waals surface area contributed by atoms with Gasteiger partial charge < -0.3 is 20.1 Å². The van der Waals surface area contributed by atoms with E-state index in [-0.39, 0.29) is 12.1 Å². The molecule has 32 heavy (non-hydrogen) atoms. The highest BCUT2D eigenvalue weighted by Crippen LogP contribution is 2.44. The summed E-state index contributed by atoms with van der Waals surface area (Å²) in [6, 6.07) is 5.95. The van der Waals surface area contributed by atoms with Gasteiger partial charge in [-0.1, -0.05) is 17.7 Å². The SMILES string of the molecule is O=[S@]1CCc2nc(N3CC[C@@H]4c5ccc(Cl)cc5OC[C@H]4C3)nc(NC3(CO)CCC3)c21. The number of ether oxygens (including phenoxy) is 1. The van der Waals surface area contributed by atoms with Crippen LogP contribution in [0.3, 0.4) is 0 Å². The van der Waals surface area contributed by atoms with Gasteiger partial charge in [-0.05, 0) is 49.3 Å². The van der Waals surface area contributed by atoms with Crippen LogP contribution >= 0.6 is 11.6 Å². The lowest BCUT2D eigenvalue weighted by Gasteiger charge is -2.43. The lowest BCUT2D eigenvalue weighted by atomic mass is 9.77. The molecule has 4 aliphatic rings. The molecule has 0 amide bonds. The van der Waals surface area contributed by atoms with Crippen molar-refractivity contribution in [3.8, 4) is 5.75 Å². The minimum atomic E-state index is -1.09. The number of nitrogens with zero attached hydrogens (tertiary/aromatic N) is 3. The maximum absolute atomic E-state index is 12.7. The van der Waals surface area contributed by atoms with Gasteiger partial charge in [0.15, 0.2) is 0 Å². The lowest BCUT2D eigenvalue weighted by molar-refractivity contribution is 0.143. The molecule has 170 valence electrons. The number of rotatable bonds is 4. The van der Waals surface area contributed by atoms with Gasteiger partial charge in [-0.15, -0.1) is 0 Å². The quantitative estimate of drug-likeness (QED) is 0.703. The zero-order chi connectivity index (χ0) is 21.9. The van der Waals surface area contributed by atoms with Crippen LogP contribution in [-0.4, -0.2) is 56.9 Å². The van der Waals surface area contributed by atoms with Gasteiger partial charge in [0.25, 0.3) is 0 Å². The lowest BCUT2D eigenvalue weighted by Crippen LogP contribution is -2.49. The minimum Gasteiger partial charge on any atom is -0.493 e. The number of hydrogen-bond donors (Lipinski definition) is 2. The van der Waals surface area contributed by atoms with Crippen molar-refractivity contribution in [2.24, 2.45) is 5.92 Å². The minimum absolute atomic E-state index is 0.0575. The Hall–Kier alpha value is -1.90. The highest BCUT2D eigenvalue weighted by Gasteiger charge is 2.40. The van der Waals surface area contributed by atoms with Crippen LogP contribution in [0, 0.1) is 5.92 Å². The predicted molar refractivity (Wildman–Crippen MR) is 124 cm³/mol. The number of aromatic nitrogens is 2. The van der Waals surface area contributed by atoms with Crippen LogP contribution in [0.5, 0.6) is 5.75 Å². The van der Waals surface area contributed by atoms with Crippen molar-refractivity contribution >= 4 is 34.2 Å². The Bertz CT molecular complexity index is 1090. The normalized spacial score (nSPS) is 27.6. The molecule has 4 heterocycles. The van der Waals surface area contributed by atoms with E-state index in [0.717, 1.165) is 55.1 Å². The summed E-state index contributed by atoms with van der Waals surface area (Å²) in [5.74, 6) is 3.64. The van der Waals surface area contributed by atoms with Crippen LogP contribution in [0.25, 0.3) is 0 Å². The Kier molecular flexibility index (Phi) is 5.08. The molecule has 2 fully saturated rings. The summed E-state index contributed by atoms with van der Waals surface area (Å²) in [5, 5.41) is 14.1. The van der Waals surface area contributed by atoms with Gasteiger partial charge in [0, 0.05) is 36.2 Å². The molecule has 2 N–H and O–H groups in total. The molecule has 1 aliphatic carbocycles. The Labute approximate surface area is 195 Å². The molecular weight excluding hydrogens is 448 g/mol. The molecular formula is C23H27ClN4O3S. The van der Waals surface area contributed by atoms with E-state index >= 15 is 0 Å². The number of piperidine rings is 1. The number of halogens is 1. The van der Waals surface area contributed by atoms with Gasteiger partial charge in [-0.2, -0.15) is 4.98 Å². The third kappa shape index (κ3) is 3.38. The third-order valence-electron chi connectivity index (χ3n) is 7.52. The topological polar surface area (TPSA) is 87.6 Å². The maximum Gasteiger partial charge on any atom is 0.227 e. The molecule has 0 unspecified atom stereocenters. The Balaban J connectivity index is 1.29. The van der Waals surface area contributed by atoms with Crippen molar-refractivity contribution < 1.29 is 14.1 Å². The van der Waals surface area contributed by atoms with Gasteiger partial charge in [0.05, 0.1) is 35.2 Å². The van der Waals surface area contributed by atoms with Gasteiger partial charge in [-0.25, -0.2) is 4.98 Å². The highest BCUT2D eigenvalue weighted by atomic mass is 35.5. The molecule has 3 aliphatic heterocycles. The first kappa shape index (κ1) is 20.7. The van der Waals surface area contributed by atoms with Crippen LogP contribution in [0.4, 0.5) is 11.8 Å². The van der Waals surface area contributed by atoms with Gasteiger partial charge in [0.1, 0.15) is 16.5 Å². The van der Waals surface area contributed by atoms with E-state index in [1.54, 1.807) is 0 Å². The van der Waals surface area contributed by atoms with E-state index in [2.05, 4.69) is 16.3 Å². The number of benzene rings is 1. The summed E-state index contributed by atoms with van der Waals surface area (Å²) in [4.78, 5) is 12.7. The zero-order valence-corrected chi connectivity index (χ0v) is 19.4. The van der Waals surface area contributed by atoms with Gasteiger partial charge in [-0.3, -0.25) is 4.21 Å². The number of aryl methyl sites for hydroxylation is 1. The number of anilines is 2. The summed E-state index contributed by atoms with van der Waals surface area (Å²) < 4.78 is 18.7. The fourth-order valence-corrected chi connectivity index (χ4v) is 6.98. The maximum atomic E-state index is 12.7. The summed E-state index contributed by atoms with van der Waals surface area (Å²) in [6.45, 7) is 2.39. The average Bonchev–Trinajstić information content (AvgIpc) is 3.16. The first-order valence-corrected chi connectivity index (χ1v) is 13.1. The second-order valence-electron chi connectivity index (χ2n) is 9.46. The third-order valence-corrected chi connectivity index (χ3v) is 9.21. The summed E-state index contributed by atoms with van der Waals surface area (Å²) in [5.41, 5.74) is 1.78. The highest BCUT2D eigenvalue weighted by molar-refractivity contribution is 7.85. The van der Waals surface area contributed by atoms with Crippen molar-refractivity contribution in [2.75, 3.05) is 42.3 Å². The molecule has 0 bridgehead atoms. The van der Waals surface area contributed by atoms with E-state index in [4.69, 9.17) is 26.3 Å². The van der Waals surface area contributed by atoms with E-state index in [9.17, 15) is 9.32 Å². The van der Waals surface area contributed by atoms with E-state index in [1.165, 1.54) is 5.56 Å². The molecule has 1 aromatic carbocycles. The fourth-order valence-electron chi connectivity index (χ4n) is 5.52. The first-order chi connectivity index (χ1) is 15.5. The van der Waals surface area contributed by atoms with Crippen LogP contribution < -0.4 is 15.0 Å². The van der Waals surface area contributed by atoms with Gasteiger partial charge in [0.2, 0.25) is 5.95 Å². The molecule has 3 atom stereocenters. The second kappa shape index (κ2) is 7.85.